The summed E-state index contributed by atoms with van der Waals surface area (Å²) in [6, 6.07) is 25.6. The van der Waals surface area contributed by atoms with Crippen molar-refractivity contribution in [3.05, 3.63) is 119 Å². The smallest absolute Gasteiger partial charge is 0.341 e. The summed E-state index contributed by atoms with van der Waals surface area (Å²) < 4.78 is 31.7. The second-order valence-electron chi connectivity index (χ2n) is 8.80. The minimum absolute atomic E-state index is 0.0738. The van der Waals surface area contributed by atoms with Crippen LogP contribution >= 0.6 is 0 Å². The third-order valence-corrected chi connectivity index (χ3v) is 6.42. The van der Waals surface area contributed by atoms with Gasteiger partial charge in [-0.25, -0.2) is 9.18 Å². The Labute approximate surface area is 225 Å². The Kier molecular flexibility index (Phi) is 7.45. The predicted molar refractivity (Wildman–Crippen MR) is 146 cm³/mol. The van der Waals surface area contributed by atoms with Crippen molar-refractivity contribution in [1.29, 1.82) is 0 Å². The number of benzene rings is 4. The van der Waals surface area contributed by atoms with Crippen molar-refractivity contribution < 1.29 is 28.2 Å². The highest BCUT2D eigenvalue weighted by molar-refractivity contribution is 6.12. The number of halogens is 1. The summed E-state index contributed by atoms with van der Waals surface area (Å²) in [6.07, 6.45) is -0.708. The molecule has 1 heterocycles. The molecule has 7 nitrogen and oxygen atoms in total. The Morgan fingerprint density at radius 1 is 0.949 bits per heavy atom. The first-order valence-corrected chi connectivity index (χ1v) is 12.5. The van der Waals surface area contributed by atoms with Gasteiger partial charge in [-0.15, -0.1) is 0 Å². The molecular formula is C31H27FN2O5. The summed E-state index contributed by atoms with van der Waals surface area (Å²) in [7, 11) is 1.55. The van der Waals surface area contributed by atoms with Crippen LogP contribution in [-0.2, 0) is 11.3 Å². The second kappa shape index (κ2) is 11.3. The third-order valence-electron chi connectivity index (χ3n) is 6.42. The summed E-state index contributed by atoms with van der Waals surface area (Å²) >= 11 is 0. The predicted octanol–water partition coefficient (Wildman–Crippen LogP) is 6.36. The maximum atomic E-state index is 15.0. The van der Waals surface area contributed by atoms with Gasteiger partial charge in [0, 0.05) is 11.3 Å². The minimum Gasteiger partial charge on any atom is -0.496 e. The number of ether oxygens (including phenoxy) is 3. The SMILES string of the molecule is CCOC(=O)c1ccccc1OCc1cc([C@H]2Nc3ccccc3C(=O)N2c2ccccc2F)ccc1OC. The van der Waals surface area contributed by atoms with E-state index >= 15 is 0 Å². The van der Waals surface area contributed by atoms with Gasteiger partial charge in [0.25, 0.3) is 5.91 Å². The number of anilines is 2. The van der Waals surface area contributed by atoms with Crippen molar-refractivity contribution in [2.75, 3.05) is 23.9 Å². The van der Waals surface area contributed by atoms with Crippen molar-refractivity contribution >= 4 is 23.3 Å². The van der Waals surface area contributed by atoms with Crippen LogP contribution in [0.5, 0.6) is 11.5 Å². The van der Waals surface area contributed by atoms with Crippen molar-refractivity contribution in [1.82, 2.24) is 0 Å². The summed E-state index contributed by atoms with van der Waals surface area (Å²) in [5, 5.41) is 3.39. The van der Waals surface area contributed by atoms with Crippen molar-refractivity contribution in [3.63, 3.8) is 0 Å². The molecule has 0 aliphatic carbocycles. The molecule has 0 bridgehead atoms. The molecular weight excluding hydrogens is 499 g/mol. The van der Waals surface area contributed by atoms with E-state index in [1.807, 2.05) is 24.3 Å². The maximum Gasteiger partial charge on any atom is 0.341 e. The fourth-order valence-corrected chi connectivity index (χ4v) is 4.59. The molecule has 0 fully saturated rings. The molecule has 1 N–H and O–H groups in total. The lowest BCUT2D eigenvalue weighted by molar-refractivity contribution is 0.0521. The van der Waals surface area contributed by atoms with E-state index in [2.05, 4.69) is 5.32 Å². The molecule has 198 valence electrons. The minimum atomic E-state index is -0.708. The fraction of sp³-hybridized carbons (Fsp3) is 0.161. The molecule has 1 aliphatic rings. The zero-order valence-corrected chi connectivity index (χ0v) is 21.5. The highest BCUT2D eigenvalue weighted by Gasteiger charge is 2.35. The zero-order chi connectivity index (χ0) is 27.4. The molecule has 0 saturated heterocycles. The molecule has 1 atom stereocenters. The Morgan fingerprint density at radius 2 is 1.69 bits per heavy atom. The van der Waals surface area contributed by atoms with Gasteiger partial charge in [0.05, 0.1) is 25.0 Å². The summed E-state index contributed by atoms with van der Waals surface area (Å²) in [4.78, 5) is 27.5. The van der Waals surface area contributed by atoms with Crippen LogP contribution in [0.25, 0.3) is 0 Å². The van der Waals surface area contributed by atoms with Gasteiger partial charge in [0.1, 0.15) is 35.7 Å². The fourth-order valence-electron chi connectivity index (χ4n) is 4.59. The number of amides is 1. The van der Waals surface area contributed by atoms with Crippen LogP contribution < -0.4 is 19.7 Å². The van der Waals surface area contributed by atoms with Gasteiger partial charge in [-0.2, -0.15) is 0 Å². The van der Waals surface area contributed by atoms with Gasteiger partial charge in [-0.1, -0.05) is 42.5 Å². The first-order chi connectivity index (χ1) is 19.0. The van der Waals surface area contributed by atoms with E-state index in [1.54, 1.807) is 74.7 Å². The lowest BCUT2D eigenvalue weighted by Gasteiger charge is -2.38. The third kappa shape index (κ3) is 5.13. The molecule has 1 aliphatic heterocycles. The Bertz CT molecular complexity index is 1520. The summed E-state index contributed by atoms with van der Waals surface area (Å²) in [5.74, 6) is -0.373. The van der Waals surface area contributed by atoms with Crippen molar-refractivity contribution in [2.45, 2.75) is 19.7 Å². The largest absolute Gasteiger partial charge is 0.496 e. The molecule has 4 aromatic rings. The lowest BCUT2D eigenvalue weighted by atomic mass is 10.0. The summed E-state index contributed by atoms with van der Waals surface area (Å²) in [6.45, 7) is 2.06. The van der Waals surface area contributed by atoms with Gasteiger partial charge in [0.15, 0.2) is 0 Å². The molecule has 8 heteroatoms. The average molecular weight is 527 g/mol. The Morgan fingerprint density at radius 3 is 2.49 bits per heavy atom. The lowest BCUT2D eigenvalue weighted by Crippen LogP contribution is -2.43. The molecule has 5 rings (SSSR count). The maximum absolute atomic E-state index is 15.0. The number of carbonyl (C=O) groups excluding carboxylic acids is 2. The van der Waals surface area contributed by atoms with E-state index in [1.165, 1.54) is 11.0 Å². The topological polar surface area (TPSA) is 77.1 Å². The van der Waals surface area contributed by atoms with Crippen LogP contribution in [0.15, 0.2) is 91.0 Å². The van der Waals surface area contributed by atoms with Gasteiger partial charge >= 0.3 is 5.97 Å². The quantitative estimate of drug-likeness (QED) is 0.269. The van der Waals surface area contributed by atoms with E-state index in [0.717, 1.165) is 0 Å². The molecule has 0 unspecified atom stereocenters. The van der Waals surface area contributed by atoms with Crippen molar-refractivity contribution in [2.24, 2.45) is 0 Å². The highest BCUT2D eigenvalue weighted by atomic mass is 19.1. The number of esters is 1. The van der Waals surface area contributed by atoms with Crippen LogP contribution in [-0.4, -0.2) is 25.6 Å². The van der Waals surface area contributed by atoms with E-state index < -0.39 is 18.0 Å². The summed E-state index contributed by atoms with van der Waals surface area (Å²) in [5.41, 5.74) is 2.94. The monoisotopic (exact) mass is 526 g/mol. The number of nitrogens with one attached hydrogen (secondary N) is 1. The number of fused-ring (bicyclic) bond motifs is 1. The number of rotatable bonds is 8. The molecule has 39 heavy (non-hydrogen) atoms. The number of carbonyl (C=O) groups is 2. The van der Waals surface area contributed by atoms with E-state index in [4.69, 9.17) is 14.2 Å². The standard InChI is InChI=1S/C31H27FN2O5/c1-3-38-31(36)23-11-5-9-15-28(23)39-19-21-18-20(16-17-27(21)37-2)29-33-25-13-7-4-10-22(25)30(35)34(29)26-14-8-6-12-24(26)32/h4-18,29,33H,3,19H2,1-2H3/t29-/m0/s1. The molecule has 0 saturated carbocycles. The van der Waals surface area contributed by atoms with Gasteiger partial charge in [0.2, 0.25) is 0 Å². The number of para-hydroxylation sites is 3. The van der Waals surface area contributed by atoms with E-state index in [0.29, 0.717) is 39.4 Å². The number of hydrogen-bond acceptors (Lipinski definition) is 6. The number of hydrogen-bond donors (Lipinski definition) is 1. The van der Waals surface area contributed by atoms with Crippen molar-refractivity contribution in [3.8, 4) is 11.5 Å². The van der Waals surface area contributed by atoms with Crippen LogP contribution in [0.1, 0.15) is 44.9 Å². The number of methoxy groups -OCH3 is 1. The molecule has 0 aromatic heterocycles. The normalized spacial score (nSPS) is 14.3. The second-order valence-corrected chi connectivity index (χ2v) is 8.80. The first-order valence-electron chi connectivity index (χ1n) is 12.5. The molecule has 0 spiro atoms. The highest BCUT2D eigenvalue weighted by Crippen LogP contribution is 2.39. The van der Waals surface area contributed by atoms with Gasteiger partial charge in [-0.3, -0.25) is 9.69 Å². The van der Waals surface area contributed by atoms with E-state index in [9.17, 15) is 14.0 Å². The van der Waals surface area contributed by atoms with Crippen LogP contribution in [0, 0.1) is 5.82 Å². The molecule has 1 amide bonds. The van der Waals surface area contributed by atoms with E-state index in [-0.39, 0.29) is 24.8 Å². The molecule has 4 aromatic carbocycles. The number of nitrogens with zero attached hydrogens (tertiary/aromatic N) is 1. The Hall–Kier alpha value is -4.85. The molecule has 0 radical (unpaired) electrons. The van der Waals surface area contributed by atoms with Crippen LogP contribution in [0.4, 0.5) is 15.8 Å². The van der Waals surface area contributed by atoms with Crippen LogP contribution in [0.2, 0.25) is 0 Å². The zero-order valence-electron chi connectivity index (χ0n) is 21.5. The van der Waals surface area contributed by atoms with Gasteiger partial charge < -0.3 is 19.5 Å². The van der Waals surface area contributed by atoms with Gasteiger partial charge in [-0.05, 0) is 61.0 Å². The Balaban J connectivity index is 1.52. The van der Waals surface area contributed by atoms with Crippen LogP contribution in [0.3, 0.4) is 0 Å². The first kappa shape index (κ1) is 25.8. The average Bonchev–Trinajstić information content (AvgIpc) is 2.97.